The summed E-state index contributed by atoms with van der Waals surface area (Å²) in [5.41, 5.74) is 4.35. The van der Waals surface area contributed by atoms with Gasteiger partial charge in [0.2, 0.25) is 5.91 Å². The van der Waals surface area contributed by atoms with Crippen molar-refractivity contribution in [2.45, 2.75) is 52.0 Å². The van der Waals surface area contributed by atoms with Gasteiger partial charge in [-0.1, -0.05) is 26.7 Å². The molecule has 0 spiro atoms. The van der Waals surface area contributed by atoms with Crippen LogP contribution in [0, 0.1) is 5.92 Å². The molecule has 0 rings (SSSR count). The molecular weight excluding hydrogens is 220 g/mol. The molecule has 0 aromatic heterocycles. The van der Waals surface area contributed by atoms with E-state index in [0.29, 0.717) is 25.8 Å². The molecule has 100 valence electrons. The molecule has 0 aliphatic rings. The number of hydrogen-bond donors (Lipinski definition) is 3. The third kappa shape index (κ3) is 5.17. The average molecular weight is 244 g/mol. The Bertz CT molecular complexity index is 264. The van der Waals surface area contributed by atoms with Gasteiger partial charge in [0.15, 0.2) is 0 Å². The number of carboxylic acid groups (broad SMARTS) is 1. The Morgan fingerprint density at radius 3 is 2.35 bits per heavy atom. The standard InChI is InChI=1S/C12H24N2O3/c1-4-6-12(3,11(16)17)14-10(15)7-9(5-2)8-13/h9H,4-8,13H2,1-3H3,(H,14,15)(H,16,17). The van der Waals surface area contributed by atoms with E-state index in [4.69, 9.17) is 10.8 Å². The lowest BCUT2D eigenvalue weighted by atomic mass is 9.95. The first kappa shape index (κ1) is 15.9. The van der Waals surface area contributed by atoms with Crippen molar-refractivity contribution in [1.82, 2.24) is 5.32 Å². The Morgan fingerprint density at radius 1 is 1.41 bits per heavy atom. The highest BCUT2D eigenvalue weighted by atomic mass is 16.4. The second-order valence-corrected chi connectivity index (χ2v) is 4.65. The molecule has 17 heavy (non-hydrogen) atoms. The lowest BCUT2D eigenvalue weighted by Crippen LogP contribution is -2.52. The van der Waals surface area contributed by atoms with Gasteiger partial charge >= 0.3 is 5.97 Å². The molecule has 4 N–H and O–H groups in total. The molecule has 0 saturated carbocycles. The number of hydrogen-bond acceptors (Lipinski definition) is 3. The van der Waals surface area contributed by atoms with E-state index in [1.165, 1.54) is 0 Å². The quantitative estimate of drug-likeness (QED) is 0.596. The normalized spacial score (nSPS) is 16.0. The summed E-state index contributed by atoms with van der Waals surface area (Å²) in [5.74, 6) is -1.11. The highest BCUT2D eigenvalue weighted by Crippen LogP contribution is 2.14. The van der Waals surface area contributed by atoms with Crippen LogP contribution in [0.25, 0.3) is 0 Å². The molecule has 0 aliphatic carbocycles. The summed E-state index contributed by atoms with van der Waals surface area (Å²) in [4.78, 5) is 22.9. The molecule has 2 atom stereocenters. The number of carbonyl (C=O) groups is 2. The van der Waals surface area contributed by atoms with Crippen LogP contribution < -0.4 is 11.1 Å². The van der Waals surface area contributed by atoms with Gasteiger partial charge in [0.25, 0.3) is 0 Å². The first-order valence-electron chi connectivity index (χ1n) is 6.14. The molecule has 5 nitrogen and oxygen atoms in total. The zero-order valence-corrected chi connectivity index (χ0v) is 11.0. The summed E-state index contributed by atoms with van der Waals surface area (Å²) in [5, 5.41) is 11.7. The minimum Gasteiger partial charge on any atom is -0.480 e. The predicted molar refractivity (Wildman–Crippen MR) is 66.5 cm³/mol. The fraction of sp³-hybridized carbons (Fsp3) is 0.833. The number of aliphatic carboxylic acids is 1. The predicted octanol–water partition coefficient (Wildman–Crippen LogP) is 1.12. The maximum atomic E-state index is 11.7. The van der Waals surface area contributed by atoms with E-state index >= 15 is 0 Å². The summed E-state index contributed by atoms with van der Waals surface area (Å²) in [6.07, 6.45) is 2.24. The molecule has 0 aromatic rings. The third-order valence-corrected chi connectivity index (χ3v) is 3.02. The van der Waals surface area contributed by atoms with E-state index < -0.39 is 11.5 Å². The summed E-state index contributed by atoms with van der Waals surface area (Å²) in [6, 6.07) is 0. The van der Waals surface area contributed by atoms with Gasteiger partial charge in [0.1, 0.15) is 5.54 Å². The number of amides is 1. The maximum absolute atomic E-state index is 11.7. The minimum atomic E-state index is -1.17. The molecule has 0 heterocycles. The summed E-state index contributed by atoms with van der Waals surface area (Å²) >= 11 is 0. The van der Waals surface area contributed by atoms with Crippen molar-refractivity contribution in [2.24, 2.45) is 11.7 Å². The Morgan fingerprint density at radius 2 is 2.00 bits per heavy atom. The molecule has 0 aromatic carbocycles. The van der Waals surface area contributed by atoms with Crippen molar-refractivity contribution < 1.29 is 14.7 Å². The van der Waals surface area contributed by atoms with Gasteiger partial charge in [0, 0.05) is 6.42 Å². The molecular formula is C12H24N2O3. The van der Waals surface area contributed by atoms with Gasteiger partial charge < -0.3 is 16.2 Å². The monoisotopic (exact) mass is 244 g/mol. The third-order valence-electron chi connectivity index (χ3n) is 3.02. The zero-order valence-electron chi connectivity index (χ0n) is 11.0. The van der Waals surface area contributed by atoms with E-state index in [-0.39, 0.29) is 11.8 Å². The van der Waals surface area contributed by atoms with Crippen molar-refractivity contribution in [3.8, 4) is 0 Å². The van der Waals surface area contributed by atoms with Crippen LogP contribution >= 0.6 is 0 Å². The Labute approximate surface area is 103 Å². The molecule has 0 bridgehead atoms. The minimum absolute atomic E-state index is 0.120. The Kier molecular flexibility index (Phi) is 6.80. The van der Waals surface area contributed by atoms with Crippen molar-refractivity contribution >= 4 is 11.9 Å². The smallest absolute Gasteiger partial charge is 0.329 e. The molecule has 0 saturated heterocycles. The second kappa shape index (κ2) is 7.27. The number of carboxylic acids is 1. The largest absolute Gasteiger partial charge is 0.480 e. The van der Waals surface area contributed by atoms with Crippen LogP contribution in [0.15, 0.2) is 0 Å². The van der Waals surface area contributed by atoms with Crippen molar-refractivity contribution in [2.75, 3.05) is 6.54 Å². The number of rotatable bonds is 8. The molecule has 5 heteroatoms. The number of carbonyl (C=O) groups excluding carboxylic acids is 1. The van der Waals surface area contributed by atoms with Gasteiger partial charge in [-0.3, -0.25) is 4.79 Å². The van der Waals surface area contributed by atoms with Crippen LogP contribution in [0.4, 0.5) is 0 Å². The van der Waals surface area contributed by atoms with E-state index in [9.17, 15) is 9.59 Å². The average Bonchev–Trinajstić information content (AvgIpc) is 2.25. The molecule has 1 amide bonds. The molecule has 0 aliphatic heterocycles. The van der Waals surface area contributed by atoms with E-state index in [1.807, 2.05) is 13.8 Å². The fourth-order valence-corrected chi connectivity index (χ4v) is 1.74. The summed E-state index contributed by atoms with van der Waals surface area (Å²) < 4.78 is 0. The van der Waals surface area contributed by atoms with Crippen LogP contribution in [0.3, 0.4) is 0 Å². The Hall–Kier alpha value is -1.10. The van der Waals surface area contributed by atoms with Gasteiger partial charge in [0.05, 0.1) is 0 Å². The highest BCUT2D eigenvalue weighted by Gasteiger charge is 2.33. The highest BCUT2D eigenvalue weighted by molar-refractivity contribution is 5.86. The van der Waals surface area contributed by atoms with E-state index in [0.717, 1.165) is 6.42 Å². The van der Waals surface area contributed by atoms with Gasteiger partial charge in [-0.25, -0.2) is 4.79 Å². The second-order valence-electron chi connectivity index (χ2n) is 4.65. The molecule has 0 fully saturated rings. The zero-order chi connectivity index (χ0) is 13.5. The van der Waals surface area contributed by atoms with Crippen LogP contribution in [0.1, 0.15) is 46.5 Å². The van der Waals surface area contributed by atoms with Crippen LogP contribution in [0.2, 0.25) is 0 Å². The van der Waals surface area contributed by atoms with E-state index in [1.54, 1.807) is 6.92 Å². The van der Waals surface area contributed by atoms with Gasteiger partial charge in [-0.15, -0.1) is 0 Å². The van der Waals surface area contributed by atoms with Crippen LogP contribution in [-0.2, 0) is 9.59 Å². The van der Waals surface area contributed by atoms with E-state index in [2.05, 4.69) is 5.32 Å². The van der Waals surface area contributed by atoms with Gasteiger partial charge in [-0.2, -0.15) is 0 Å². The maximum Gasteiger partial charge on any atom is 0.329 e. The number of nitrogens with two attached hydrogens (primary N) is 1. The van der Waals surface area contributed by atoms with Crippen molar-refractivity contribution in [3.05, 3.63) is 0 Å². The first-order valence-corrected chi connectivity index (χ1v) is 6.14. The van der Waals surface area contributed by atoms with Gasteiger partial charge in [-0.05, 0) is 25.8 Å². The topological polar surface area (TPSA) is 92.4 Å². The van der Waals surface area contributed by atoms with Crippen LogP contribution in [-0.4, -0.2) is 29.1 Å². The Balaban J connectivity index is 4.46. The van der Waals surface area contributed by atoms with Crippen molar-refractivity contribution in [3.63, 3.8) is 0 Å². The fourth-order valence-electron chi connectivity index (χ4n) is 1.74. The van der Waals surface area contributed by atoms with Crippen LogP contribution in [0.5, 0.6) is 0 Å². The molecule has 0 radical (unpaired) electrons. The van der Waals surface area contributed by atoms with Crippen molar-refractivity contribution in [1.29, 1.82) is 0 Å². The first-order chi connectivity index (χ1) is 7.89. The SMILES string of the molecule is CCCC(C)(NC(=O)CC(CC)CN)C(=O)O. The number of nitrogens with one attached hydrogen (secondary N) is 1. The lowest BCUT2D eigenvalue weighted by molar-refractivity contribution is -0.147. The summed E-state index contributed by atoms with van der Waals surface area (Å²) in [6.45, 7) is 5.84. The summed E-state index contributed by atoms with van der Waals surface area (Å²) in [7, 11) is 0. The molecule has 2 unspecified atom stereocenters. The lowest BCUT2D eigenvalue weighted by Gasteiger charge is -2.26.